The number of ether oxygens (including phenoxy) is 6. The Bertz CT molecular complexity index is 1260. The fourth-order valence-electron chi connectivity index (χ4n) is 6.90. The van der Waals surface area contributed by atoms with Crippen molar-refractivity contribution >= 4 is 27.9 Å². The number of aliphatic hydroxyl groups is 1. The molecular weight excluding hydrogens is 624 g/mol. The molecule has 3 bridgehead atoms. The molecule has 4 heterocycles. The van der Waals surface area contributed by atoms with Crippen LogP contribution >= 0.6 is 15.9 Å². The van der Waals surface area contributed by atoms with Crippen molar-refractivity contribution in [3.8, 4) is 5.75 Å². The van der Waals surface area contributed by atoms with Gasteiger partial charge < -0.3 is 38.6 Å². The molecule has 2 N–H and O–H groups in total. The first-order valence-corrected chi connectivity index (χ1v) is 15.8. The van der Waals surface area contributed by atoms with Gasteiger partial charge >= 0.3 is 11.9 Å². The molecule has 43 heavy (non-hydrogen) atoms. The number of rotatable bonds is 7. The lowest BCUT2D eigenvalue weighted by molar-refractivity contribution is -0.362. The second-order valence-electron chi connectivity index (χ2n) is 13.3. The zero-order valence-electron chi connectivity index (χ0n) is 25.6. The first kappa shape index (κ1) is 32.2. The number of halogens is 1. The predicted octanol–water partition coefficient (Wildman–Crippen LogP) is 5.09. The number of fused-ring (bicyclic) bond motifs is 3. The Labute approximate surface area is 261 Å². The van der Waals surface area contributed by atoms with Gasteiger partial charge in [0.15, 0.2) is 0 Å². The Morgan fingerprint density at radius 2 is 1.88 bits per heavy atom. The molecule has 0 saturated carbocycles. The summed E-state index contributed by atoms with van der Waals surface area (Å²) in [6, 6.07) is 5.12. The lowest BCUT2D eigenvalue weighted by Gasteiger charge is -2.58. The Balaban J connectivity index is 1.46. The number of phenolic OH excluding ortho intramolecular Hbond substituents is 1. The monoisotopic (exact) mass is 666 g/mol. The Morgan fingerprint density at radius 3 is 2.53 bits per heavy atom. The van der Waals surface area contributed by atoms with E-state index in [1.165, 1.54) is 13.0 Å². The van der Waals surface area contributed by atoms with E-state index in [1.54, 1.807) is 25.3 Å². The summed E-state index contributed by atoms with van der Waals surface area (Å²) in [7, 11) is 1.65. The normalized spacial score (nSPS) is 36.9. The number of hydrogen-bond acceptors (Lipinski definition) is 10. The molecule has 0 aromatic heterocycles. The molecule has 3 fully saturated rings. The van der Waals surface area contributed by atoms with Gasteiger partial charge in [0.1, 0.15) is 29.3 Å². The standard InChI is InChI=1S/C32H43BrO10/c1-17(7-10-23(38-6)21-11-20(35)8-9-22(21)33)29-18(2)25-14-32(43-29)30(4,5)15-31(16-39-31)26(42-32)13-28(37)40-24(19(3)34)12-27(36)41-25/h8-9,11,13,17-19,23-25,29,34-35H,7,10,12,14-16H2,1-6H3/b26-13+/t17-,18-,19+,23-,24+,25-,29+,31+,32+/m0/s1. The molecule has 2 spiro atoms. The van der Waals surface area contributed by atoms with E-state index < -0.39 is 47.1 Å². The summed E-state index contributed by atoms with van der Waals surface area (Å²) in [5.41, 5.74) is -0.467. The number of phenols is 1. The Hall–Kier alpha value is -2.18. The molecule has 0 amide bonds. The number of benzene rings is 1. The largest absolute Gasteiger partial charge is 0.508 e. The lowest BCUT2D eigenvalue weighted by Crippen LogP contribution is -2.64. The number of hydrogen-bond donors (Lipinski definition) is 2. The Morgan fingerprint density at radius 1 is 1.16 bits per heavy atom. The van der Waals surface area contributed by atoms with E-state index in [-0.39, 0.29) is 42.6 Å². The molecule has 0 radical (unpaired) electrons. The molecule has 0 aliphatic carbocycles. The maximum Gasteiger partial charge on any atom is 0.334 e. The lowest BCUT2D eigenvalue weighted by atomic mass is 9.67. The quantitative estimate of drug-likeness (QED) is 0.300. The summed E-state index contributed by atoms with van der Waals surface area (Å²) in [4.78, 5) is 26.1. The molecular formula is C32H43BrO10. The number of cyclic esters (lactones) is 1. The summed E-state index contributed by atoms with van der Waals surface area (Å²) in [5.74, 6) is -2.19. The molecule has 1 aromatic carbocycles. The fraction of sp³-hybridized carbons (Fsp3) is 0.688. The van der Waals surface area contributed by atoms with Crippen LogP contribution in [0, 0.1) is 17.3 Å². The van der Waals surface area contributed by atoms with Crippen molar-refractivity contribution in [1.82, 2.24) is 0 Å². The van der Waals surface area contributed by atoms with Gasteiger partial charge in [0, 0.05) is 22.9 Å². The summed E-state index contributed by atoms with van der Waals surface area (Å²) < 4.78 is 37.8. The average Bonchev–Trinajstić information content (AvgIpc) is 3.69. The van der Waals surface area contributed by atoms with Gasteiger partial charge in [0.05, 0.1) is 43.8 Å². The van der Waals surface area contributed by atoms with Gasteiger partial charge in [-0.2, -0.15) is 0 Å². The maximum atomic E-state index is 13.2. The summed E-state index contributed by atoms with van der Waals surface area (Å²) in [5, 5.41) is 20.3. The van der Waals surface area contributed by atoms with E-state index in [4.69, 9.17) is 28.4 Å². The highest BCUT2D eigenvalue weighted by Gasteiger charge is 2.68. The highest BCUT2D eigenvalue weighted by atomic mass is 79.9. The van der Waals surface area contributed by atoms with Crippen molar-refractivity contribution in [2.45, 2.75) is 109 Å². The van der Waals surface area contributed by atoms with Crippen LogP contribution in [0.2, 0.25) is 0 Å². The minimum absolute atomic E-state index is 0.00918. The average molecular weight is 668 g/mol. The summed E-state index contributed by atoms with van der Waals surface area (Å²) in [6.45, 7) is 10.1. The highest BCUT2D eigenvalue weighted by Crippen LogP contribution is 2.60. The second-order valence-corrected chi connectivity index (χ2v) is 14.1. The number of carbonyl (C=O) groups is 2. The topological polar surface area (TPSA) is 133 Å². The third-order valence-electron chi connectivity index (χ3n) is 9.64. The zero-order valence-corrected chi connectivity index (χ0v) is 27.2. The highest BCUT2D eigenvalue weighted by molar-refractivity contribution is 9.10. The zero-order chi connectivity index (χ0) is 31.3. The van der Waals surface area contributed by atoms with Crippen LogP contribution in [0.4, 0.5) is 0 Å². The summed E-state index contributed by atoms with van der Waals surface area (Å²) in [6.07, 6.45) is -0.158. The van der Waals surface area contributed by atoms with Crippen LogP contribution in [0.25, 0.3) is 0 Å². The third kappa shape index (κ3) is 6.33. The van der Waals surface area contributed by atoms with E-state index in [9.17, 15) is 19.8 Å². The summed E-state index contributed by atoms with van der Waals surface area (Å²) >= 11 is 3.57. The van der Waals surface area contributed by atoms with Gasteiger partial charge in [-0.3, -0.25) is 4.79 Å². The van der Waals surface area contributed by atoms with Crippen molar-refractivity contribution < 1.29 is 48.2 Å². The minimum Gasteiger partial charge on any atom is -0.508 e. The maximum absolute atomic E-state index is 13.2. The minimum atomic E-state index is -1.20. The van der Waals surface area contributed by atoms with Crippen LogP contribution in [0.15, 0.2) is 34.5 Å². The van der Waals surface area contributed by atoms with Crippen LogP contribution in [0.1, 0.15) is 78.4 Å². The van der Waals surface area contributed by atoms with Crippen molar-refractivity contribution in [2.75, 3.05) is 13.7 Å². The molecule has 11 heteroatoms. The molecule has 5 rings (SSSR count). The van der Waals surface area contributed by atoms with E-state index in [0.29, 0.717) is 31.6 Å². The van der Waals surface area contributed by atoms with Crippen molar-refractivity contribution in [2.24, 2.45) is 17.3 Å². The van der Waals surface area contributed by atoms with Gasteiger partial charge in [-0.25, -0.2) is 4.79 Å². The van der Waals surface area contributed by atoms with E-state index in [0.717, 1.165) is 10.0 Å². The first-order valence-electron chi connectivity index (χ1n) is 15.0. The molecule has 10 nitrogen and oxygen atoms in total. The number of methoxy groups -OCH3 is 1. The van der Waals surface area contributed by atoms with Gasteiger partial charge in [-0.05, 0) is 55.9 Å². The number of esters is 2. The van der Waals surface area contributed by atoms with Crippen LogP contribution in [-0.2, 0) is 38.0 Å². The van der Waals surface area contributed by atoms with Gasteiger partial charge in [-0.1, -0.05) is 43.6 Å². The SMILES string of the molecule is CO[C@@H](CC[C@H](C)[C@H]1O[C@@]23C[C@H](OC(=O)C[C@H]([C@@H](C)O)OC(=O)/C=C(/O2)[C@]2(CO2)CC3(C)C)[C@@H]1C)c1cc(O)ccc1Br. The third-order valence-corrected chi connectivity index (χ3v) is 10.4. The Kier molecular flexibility index (Phi) is 8.97. The van der Waals surface area contributed by atoms with Gasteiger partial charge in [0.2, 0.25) is 5.79 Å². The van der Waals surface area contributed by atoms with Crippen LogP contribution in [0.3, 0.4) is 0 Å². The smallest absolute Gasteiger partial charge is 0.334 e. The fourth-order valence-corrected chi connectivity index (χ4v) is 7.40. The van der Waals surface area contributed by atoms with Crippen molar-refractivity contribution in [1.29, 1.82) is 0 Å². The molecule has 238 valence electrons. The number of aliphatic hydroxyl groups excluding tert-OH is 1. The van der Waals surface area contributed by atoms with Gasteiger partial charge in [-0.15, -0.1) is 0 Å². The molecule has 0 unspecified atom stereocenters. The van der Waals surface area contributed by atoms with Gasteiger partial charge in [0.25, 0.3) is 0 Å². The molecule has 1 aromatic rings. The number of aromatic hydroxyl groups is 1. The number of carbonyl (C=O) groups excluding carboxylic acids is 2. The molecule has 4 aliphatic heterocycles. The van der Waals surface area contributed by atoms with Crippen molar-refractivity contribution in [3.05, 3.63) is 40.1 Å². The van der Waals surface area contributed by atoms with Crippen molar-refractivity contribution in [3.63, 3.8) is 0 Å². The molecule has 4 aliphatic rings. The van der Waals surface area contributed by atoms with E-state index >= 15 is 0 Å². The number of epoxide rings is 1. The van der Waals surface area contributed by atoms with Crippen LogP contribution < -0.4 is 0 Å². The molecule has 3 saturated heterocycles. The van der Waals surface area contributed by atoms with E-state index in [1.807, 2.05) is 6.92 Å². The molecule has 9 atom stereocenters. The first-order chi connectivity index (χ1) is 20.2. The second kappa shape index (κ2) is 12.0. The van der Waals surface area contributed by atoms with Crippen LogP contribution in [-0.4, -0.2) is 71.7 Å². The predicted molar refractivity (Wildman–Crippen MR) is 158 cm³/mol. The van der Waals surface area contributed by atoms with Crippen LogP contribution in [0.5, 0.6) is 5.75 Å². The van der Waals surface area contributed by atoms with E-state index in [2.05, 4.69) is 36.7 Å².